The minimum Gasteiger partial charge on any atom is -0.393 e. The fraction of sp³-hybridized carbons (Fsp3) is 0.455. The van der Waals surface area contributed by atoms with E-state index in [-0.39, 0.29) is 6.10 Å². The van der Waals surface area contributed by atoms with Crippen LogP contribution in [0.2, 0.25) is 5.02 Å². The Morgan fingerprint density at radius 3 is 1.85 bits per heavy atom. The van der Waals surface area contributed by atoms with Gasteiger partial charge in [0, 0.05) is 5.02 Å². The molecule has 1 aliphatic carbocycles. The van der Waals surface area contributed by atoms with Crippen molar-refractivity contribution in [3.63, 3.8) is 0 Å². The molecule has 1 aliphatic rings. The maximum atomic E-state index is 8.73. The number of aliphatic hydroxyl groups is 1. The molecule has 13 heavy (non-hydrogen) atoms. The highest BCUT2D eigenvalue weighted by atomic mass is 35.5. The van der Waals surface area contributed by atoms with Crippen molar-refractivity contribution in [1.29, 1.82) is 0 Å². The lowest BCUT2D eigenvalue weighted by Crippen LogP contribution is -1.94. The summed E-state index contributed by atoms with van der Waals surface area (Å²) in [6.07, 6.45) is 4.60. The van der Waals surface area contributed by atoms with Crippen LogP contribution < -0.4 is 0 Å². The lowest BCUT2D eigenvalue weighted by Gasteiger charge is -1.91. The Morgan fingerprint density at radius 2 is 1.62 bits per heavy atom. The van der Waals surface area contributed by atoms with Crippen molar-refractivity contribution in [2.75, 3.05) is 0 Å². The van der Waals surface area contributed by atoms with E-state index in [1.165, 1.54) is 12.8 Å². The van der Waals surface area contributed by atoms with Gasteiger partial charge in [-0.15, -0.1) is 0 Å². The van der Waals surface area contributed by atoms with Gasteiger partial charge in [0.25, 0.3) is 0 Å². The summed E-state index contributed by atoms with van der Waals surface area (Å²) >= 11 is 5.54. The van der Waals surface area contributed by atoms with Gasteiger partial charge in [0.1, 0.15) is 0 Å². The van der Waals surface area contributed by atoms with E-state index in [9.17, 15) is 0 Å². The Morgan fingerprint density at radius 1 is 1.08 bits per heavy atom. The molecular weight excluding hydrogens is 184 g/mol. The van der Waals surface area contributed by atoms with Gasteiger partial charge in [-0.05, 0) is 25.0 Å². The molecule has 1 fully saturated rings. The second kappa shape index (κ2) is 6.01. The number of hydrogen-bond acceptors (Lipinski definition) is 1. The van der Waals surface area contributed by atoms with E-state index in [0.717, 1.165) is 17.9 Å². The predicted octanol–water partition coefficient (Wildman–Crippen LogP) is 3.26. The van der Waals surface area contributed by atoms with E-state index in [1.807, 2.05) is 30.3 Å². The largest absolute Gasteiger partial charge is 0.393 e. The van der Waals surface area contributed by atoms with E-state index < -0.39 is 0 Å². The number of aliphatic hydroxyl groups excluding tert-OH is 1. The standard InChI is InChI=1S/C6H5Cl.C5H10O/c7-6-4-2-1-3-5-6;6-5-3-1-2-4-5/h1-5H;5-6H,1-4H2. The zero-order valence-corrected chi connectivity index (χ0v) is 8.37. The van der Waals surface area contributed by atoms with Crippen molar-refractivity contribution < 1.29 is 5.11 Å². The topological polar surface area (TPSA) is 20.2 Å². The zero-order chi connectivity index (χ0) is 9.52. The van der Waals surface area contributed by atoms with Crippen LogP contribution in [0.3, 0.4) is 0 Å². The highest BCUT2D eigenvalue weighted by Gasteiger charge is 2.09. The normalized spacial score (nSPS) is 16.5. The van der Waals surface area contributed by atoms with Crippen LogP contribution >= 0.6 is 11.6 Å². The van der Waals surface area contributed by atoms with Crippen LogP contribution in [0.15, 0.2) is 30.3 Å². The van der Waals surface area contributed by atoms with Crippen LogP contribution in [-0.2, 0) is 0 Å². The Hall–Kier alpha value is -0.530. The molecule has 0 saturated heterocycles. The molecule has 0 aromatic heterocycles. The van der Waals surface area contributed by atoms with Gasteiger partial charge >= 0.3 is 0 Å². The first-order valence-electron chi connectivity index (χ1n) is 4.67. The minimum atomic E-state index is 0.0463. The molecule has 0 atom stereocenters. The van der Waals surface area contributed by atoms with Crippen molar-refractivity contribution in [3.05, 3.63) is 35.4 Å². The first-order chi connectivity index (χ1) is 6.29. The Balaban J connectivity index is 0.000000132. The summed E-state index contributed by atoms with van der Waals surface area (Å²) in [5.74, 6) is 0. The molecule has 0 spiro atoms. The lowest BCUT2D eigenvalue weighted by molar-refractivity contribution is 0.183. The minimum absolute atomic E-state index is 0.0463. The Bertz CT molecular complexity index is 217. The summed E-state index contributed by atoms with van der Waals surface area (Å²) in [5.41, 5.74) is 0. The number of rotatable bonds is 0. The Kier molecular flexibility index (Phi) is 4.87. The highest BCUT2D eigenvalue weighted by molar-refractivity contribution is 6.30. The van der Waals surface area contributed by atoms with Gasteiger partial charge in [-0.1, -0.05) is 42.6 Å². The third-order valence-electron chi connectivity index (χ3n) is 2.06. The molecule has 2 rings (SSSR count). The first kappa shape index (κ1) is 10.6. The van der Waals surface area contributed by atoms with E-state index in [4.69, 9.17) is 16.7 Å². The summed E-state index contributed by atoms with van der Waals surface area (Å²) in [7, 11) is 0. The van der Waals surface area contributed by atoms with Gasteiger partial charge in [0.15, 0.2) is 0 Å². The fourth-order valence-corrected chi connectivity index (χ4v) is 1.46. The summed E-state index contributed by atoms with van der Waals surface area (Å²) < 4.78 is 0. The van der Waals surface area contributed by atoms with Crippen molar-refractivity contribution in [3.8, 4) is 0 Å². The van der Waals surface area contributed by atoms with Crippen LogP contribution in [0.1, 0.15) is 25.7 Å². The maximum Gasteiger partial charge on any atom is 0.0540 e. The zero-order valence-electron chi connectivity index (χ0n) is 7.62. The van der Waals surface area contributed by atoms with Crippen LogP contribution in [-0.4, -0.2) is 11.2 Å². The molecule has 0 aliphatic heterocycles. The summed E-state index contributed by atoms with van der Waals surface area (Å²) in [6.45, 7) is 0. The average Bonchev–Trinajstić information content (AvgIpc) is 2.58. The third-order valence-corrected chi connectivity index (χ3v) is 2.31. The molecule has 1 saturated carbocycles. The molecule has 1 aromatic carbocycles. The Labute approximate surface area is 84.4 Å². The van der Waals surface area contributed by atoms with Crippen LogP contribution in [0.25, 0.3) is 0 Å². The van der Waals surface area contributed by atoms with E-state index in [1.54, 1.807) is 0 Å². The number of hydrogen-bond donors (Lipinski definition) is 1. The highest BCUT2D eigenvalue weighted by Crippen LogP contribution is 2.16. The predicted molar refractivity (Wildman–Crippen MR) is 55.9 cm³/mol. The van der Waals surface area contributed by atoms with Crippen LogP contribution in [0, 0.1) is 0 Å². The summed E-state index contributed by atoms with van der Waals surface area (Å²) in [5, 5.41) is 9.52. The number of benzene rings is 1. The molecule has 2 heteroatoms. The van der Waals surface area contributed by atoms with Crippen LogP contribution in [0.5, 0.6) is 0 Å². The van der Waals surface area contributed by atoms with Gasteiger partial charge in [-0.3, -0.25) is 0 Å². The third kappa shape index (κ3) is 4.91. The van der Waals surface area contributed by atoms with E-state index in [2.05, 4.69) is 0 Å². The molecule has 0 unspecified atom stereocenters. The number of halogens is 1. The van der Waals surface area contributed by atoms with Crippen molar-refractivity contribution >= 4 is 11.6 Å². The SMILES string of the molecule is Clc1ccccc1.OC1CCCC1. The van der Waals surface area contributed by atoms with Crippen LogP contribution in [0.4, 0.5) is 0 Å². The fourth-order valence-electron chi connectivity index (χ4n) is 1.32. The second-order valence-electron chi connectivity index (χ2n) is 3.23. The average molecular weight is 199 g/mol. The van der Waals surface area contributed by atoms with Crippen molar-refractivity contribution in [2.24, 2.45) is 0 Å². The van der Waals surface area contributed by atoms with Gasteiger partial charge in [0.2, 0.25) is 0 Å². The molecule has 1 N–H and O–H groups in total. The molecule has 0 bridgehead atoms. The summed E-state index contributed by atoms with van der Waals surface area (Å²) in [6, 6.07) is 9.44. The van der Waals surface area contributed by atoms with Gasteiger partial charge in [-0.25, -0.2) is 0 Å². The van der Waals surface area contributed by atoms with E-state index in [0.29, 0.717) is 0 Å². The molecule has 72 valence electrons. The van der Waals surface area contributed by atoms with Gasteiger partial charge in [0.05, 0.1) is 6.10 Å². The molecular formula is C11H15ClO. The molecule has 0 radical (unpaired) electrons. The molecule has 0 amide bonds. The van der Waals surface area contributed by atoms with Gasteiger partial charge < -0.3 is 5.11 Å². The van der Waals surface area contributed by atoms with Crippen molar-refractivity contribution in [2.45, 2.75) is 31.8 Å². The second-order valence-corrected chi connectivity index (χ2v) is 3.67. The van der Waals surface area contributed by atoms with Crippen molar-refractivity contribution in [1.82, 2.24) is 0 Å². The molecule has 1 aromatic rings. The smallest absolute Gasteiger partial charge is 0.0540 e. The molecule has 0 heterocycles. The lowest BCUT2D eigenvalue weighted by atomic mass is 10.3. The quantitative estimate of drug-likeness (QED) is 0.679. The van der Waals surface area contributed by atoms with Gasteiger partial charge in [-0.2, -0.15) is 0 Å². The first-order valence-corrected chi connectivity index (χ1v) is 5.05. The monoisotopic (exact) mass is 198 g/mol. The maximum absolute atomic E-state index is 8.73. The summed E-state index contributed by atoms with van der Waals surface area (Å²) in [4.78, 5) is 0. The van der Waals surface area contributed by atoms with E-state index >= 15 is 0 Å². The molecule has 1 nitrogen and oxygen atoms in total.